The third-order valence-corrected chi connectivity index (χ3v) is 2.91. The number of rotatable bonds is 6. The van der Waals surface area contributed by atoms with Gasteiger partial charge in [0.25, 0.3) is 11.6 Å². The average Bonchev–Trinajstić information content (AvgIpc) is 2.40. The molecule has 21 heavy (non-hydrogen) atoms. The molecule has 0 heterocycles. The van der Waals surface area contributed by atoms with Crippen molar-refractivity contribution < 1.29 is 18.8 Å². The molecule has 0 aliphatic carbocycles. The maximum atomic E-state index is 14.0. The van der Waals surface area contributed by atoms with Crippen molar-refractivity contribution in [2.75, 3.05) is 20.2 Å². The molecule has 0 saturated carbocycles. The zero-order valence-corrected chi connectivity index (χ0v) is 12.6. The van der Waals surface area contributed by atoms with Crippen molar-refractivity contribution in [3.8, 4) is 0 Å². The standard InChI is InChI=1S/C14H19FN2O4/c1-9(2)21-6-5-16(4)14(18)12-8-11(17(19)20)7-10(3)13(12)15/h7-9H,5-6H2,1-4H3. The quantitative estimate of drug-likeness (QED) is 0.597. The lowest BCUT2D eigenvalue weighted by Gasteiger charge is -2.18. The maximum absolute atomic E-state index is 14.0. The zero-order valence-electron chi connectivity index (χ0n) is 12.6. The van der Waals surface area contributed by atoms with Crippen LogP contribution in [0.3, 0.4) is 0 Å². The molecular weight excluding hydrogens is 279 g/mol. The van der Waals surface area contributed by atoms with Gasteiger partial charge in [0, 0.05) is 25.7 Å². The molecule has 0 fully saturated rings. The number of amides is 1. The number of nitrogens with zero attached hydrogens (tertiary/aromatic N) is 2. The molecule has 7 heteroatoms. The van der Waals surface area contributed by atoms with Crippen LogP contribution < -0.4 is 0 Å². The molecule has 1 aromatic carbocycles. The van der Waals surface area contributed by atoms with E-state index in [1.807, 2.05) is 13.8 Å². The van der Waals surface area contributed by atoms with E-state index < -0.39 is 16.6 Å². The number of hydrogen-bond acceptors (Lipinski definition) is 4. The molecule has 1 amide bonds. The van der Waals surface area contributed by atoms with Crippen molar-refractivity contribution in [2.45, 2.75) is 26.9 Å². The maximum Gasteiger partial charge on any atom is 0.270 e. The van der Waals surface area contributed by atoms with E-state index in [2.05, 4.69) is 0 Å². The minimum absolute atomic E-state index is 0.0327. The Bertz CT molecular complexity index is 546. The summed E-state index contributed by atoms with van der Waals surface area (Å²) in [6.45, 7) is 5.71. The Morgan fingerprint density at radius 1 is 1.48 bits per heavy atom. The molecule has 0 aromatic heterocycles. The first kappa shape index (κ1) is 17.0. The highest BCUT2D eigenvalue weighted by Gasteiger charge is 2.22. The molecule has 0 aliphatic heterocycles. The molecule has 0 spiro atoms. The minimum atomic E-state index is -0.734. The van der Waals surface area contributed by atoms with E-state index in [-0.39, 0.29) is 29.5 Å². The second-order valence-corrected chi connectivity index (χ2v) is 5.03. The fourth-order valence-electron chi connectivity index (χ4n) is 1.74. The molecule has 0 N–H and O–H groups in total. The number of ether oxygens (including phenoxy) is 1. The van der Waals surface area contributed by atoms with Gasteiger partial charge in [0.15, 0.2) is 0 Å². The number of carbonyl (C=O) groups excluding carboxylic acids is 1. The monoisotopic (exact) mass is 298 g/mol. The van der Waals surface area contributed by atoms with Crippen LogP contribution in [0, 0.1) is 22.9 Å². The summed E-state index contributed by atoms with van der Waals surface area (Å²) >= 11 is 0. The Morgan fingerprint density at radius 2 is 2.10 bits per heavy atom. The molecule has 0 bridgehead atoms. The van der Waals surface area contributed by atoms with Gasteiger partial charge < -0.3 is 9.64 Å². The number of non-ortho nitro benzene ring substituents is 1. The van der Waals surface area contributed by atoms with Crippen LogP contribution in [0.2, 0.25) is 0 Å². The van der Waals surface area contributed by atoms with E-state index in [1.165, 1.54) is 18.9 Å². The highest BCUT2D eigenvalue weighted by molar-refractivity contribution is 5.95. The number of likely N-dealkylation sites (N-methyl/N-ethyl adjacent to an activating group) is 1. The number of halogens is 1. The van der Waals surface area contributed by atoms with Crippen molar-refractivity contribution in [2.24, 2.45) is 0 Å². The number of nitro benzene ring substituents is 1. The van der Waals surface area contributed by atoms with Gasteiger partial charge in [-0.1, -0.05) is 0 Å². The number of hydrogen-bond donors (Lipinski definition) is 0. The van der Waals surface area contributed by atoms with Crippen LogP contribution in [-0.4, -0.2) is 42.0 Å². The highest BCUT2D eigenvalue weighted by Crippen LogP contribution is 2.22. The van der Waals surface area contributed by atoms with E-state index in [4.69, 9.17) is 4.74 Å². The third kappa shape index (κ3) is 4.49. The Balaban J connectivity index is 2.93. The van der Waals surface area contributed by atoms with Gasteiger partial charge in [-0.05, 0) is 26.3 Å². The molecule has 0 aliphatic rings. The molecule has 0 atom stereocenters. The van der Waals surface area contributed by atoms with E-state index in [0.717, 1.165) is 12.1 Å². The first-order chi connectivity index (χ1) is 9.73. The van der Waals surface area contributed by atoms with Gasteiger partial charge in [-0.2, -0.15) is 0 Å². The van der Waals surface area contributed by atoms with Crippen molar-refractivity contribution >= 4 is 11.6 Å². The Hall–Kier alpha value is -2.02. The van der Waals surface area contributed by atoms with Crippen LogP contribution >= 0.6 is 0 Å². The van der Waals surface area contributed by atoms with E-state index >= 15 is 0 Å². The second kappa shape index (κ2) is 7.12. The average molecular weight is 298 g/mol. The summed E-state index contributed by atoms with van der Waals surface area (Å²) in [5.74, 6) is -1.34. The lowest BCUT2D eigenvalue weighted by atomic mass is 10.1. The van der Waals surface area contributed by atoms with E-state index in [1.54, 1.807) is 0 Å². The predicted octanol–water partition coefficient (Wildman–Crippen LogP) is 2.54. The third-order valence-electron chi connectivity index (χ3n) is 2.91. The van der Waals surface area contributed by atoms with Gasteiger partial charge in [-0.3, -0.25) is 14.9 Å². The van der Waals surface area contributed by atoms with E-state index in [9.17, 15) is 19.3 Å². The van der Waals surface area contributed by atoms with Crippen LogP contribution in [0.4, 0.5) is 10.1 Å². The number of aryl methyl sites for hydroxylation is 1. The fourth-order valence-corrected chi connectivity index (χ4v) is 1.74. The van der Waals surface area contributed by atoms with Gasteiger partial charge >= 0.3 is 0 Å². The molecule has 6 nitrogen and oxygen atoms in total. The molecular formula is C14H19FN2O4. The summed E-state index contributed by atoms with van der Waals surface area (Å²) in [6, 6.07) is 2.07. The van der Waals surface area contributed by atoms with Gasteiger partial charge in [-0.15, -0.1) is 0 Å². The molecule has 116 valence electrons. The van der Waals surface area contributed by atoms with Crippen molar-refractivity contribution in [1.29, 1.82) is 0 Å². The second-order valence-electron chi connectivity index (χ2n) is 5.03. The number of nitro groups is 1. The van der Waals surface area contributed by atoms with Crippen LogP contribution in [-0.2, 0) is 4.74 Å². The van der Waals surface area contributed by atoms with Gasteiger partial charge in [0.1, 0.15) is 5.82 Å². The molecule has 0 saturated heterocycles. The molecule has 0 radical (unpaired) electrons. The predicted molar refractivity (Wildman–Crippen MR) is 75.8 cm³/mol. The highest BCUT2D eigenvalue weighted by atomic mass is 19.1. The SMILES string of the molecule is Cc1cc([N+](=O)[O-])cc(C(=O)N(C)CCOC(C)C)c1F. The normalized spacial score (nSPS) is 10.8. The first-order valence-electron chi connectivity index (χ1n) is 6.55. The summed E-state index contributed by atoms with van der Waals surface area (Å²) in [7, 11) is 1.50. The lowest BCUT2D eigenvalue weighted by Crippen LogP contribution is -2.31. The Morgan fingerprint density at radius 3 is 2.62 bits per heavy atom. The first-order valence-corrected chi connectivity index (χ1v) is 6.55. The summed E-state index contributed by atoms with van der Waals surface area (Å²) < 4.78 is 19.3. The van der Waals surface area contributed by atoms with E-state index in [0.29, 0.717) is 6.61 Å². The molecule has 1 aromatic rings. The van der Waals surface area contributed by atoms with Gasteiger partial charge in [0.05, 0.1) is 23.2 Å². The summed E-state index contributed by atoms with van der Waals surface area (Å²) in [5, 5.41) is 10.8. The largest absolute Gasteiger partial charge is 0.377 e. The van der Waals surface area contributed by atoms with Crippen molar-refractivity contribution in [3.63, 3.8) is 0 Å². The van der Waals surface area contributed by atoms with Crippen LogP contribution in [0.25, 0.3) is 0 Å². The Labute approximate surface area is 122 Å². The van der Waals surface area contributed by atoms with Crippen LogP contribution in [0.1, 0.15) is 29.8 Å². The lowest BCUT2D eigenvalue weighted by molar-refractivity contribution is -0.385. The fraction of sp³-hybridized carbons (Fsp3) is 0.500. The summed E-state index contributed by atoms with van der Waals surface area (Å²) in [5.41, 5.74) is -0.530. The smallest absolute Gasteiger partial charge is 0.270 e. The molecule has 0 unspecified atom stereocenters. The van der Waals surface area contributed by atoms with Crippen LogP contribution in [0.15, 0.2) is 12.1 Å². The number of carbonyl (C=O) groups is 1. The summed E-state index contributed by atoms with van der Waals surface area (Å²) in [4.78, 5) is 23.6. The zero-order chi connectivity index (χ0) is 16.2. The topological polar surface area (TPSA) is 72.7 Å². The molecule has 1 rings (SSSR count). The van der Waals surface area contributed by atoms with Crippen LogP contribution in [0.5, 0.6) is 0 Å². The number of benzene rings is 1. The van der Waals surface area contributed by atoms with Gasteiger partial charge in [0.2, 0.25) is 0 Å². The summed E-state index contributed by atoms with van der Waals surface area (Å²) in [6.07, 6.45) is 0.0327. The Kier molecular flexibility index (Phi) is 5.78. The van der Waals surface area contributed by atoms with Crippen molar-refractivity contribution in [3.05, 3.63) is 39.2 Å². The van der Waals surface area contributed by atoms with Crippen molar-refractivity contribution in [1.82, 2.24) is 4.90 Å². The minimum Gasteiger partial charge on any atom is -0.377 e. The van der Waals surface area contributed by atoms with Gasteiger partial charge in [-0.25, -0.2) is 4.39 Å².